The van der Waals surface area contributed by atoms with Gasteiger partial charge in [-0.15, -0.1) is 0 Å². The number of ether oxygens (including phenoxy) is 1. The van der Waals surface area contributed by atoms with Gasteiger partial charge in [0.25, 0.3) is 22.8 Å². The lowest BCUT2D eigenvalue weighted by Gasteiger charge is -2.21. The molecule has 0 fully saturated rings. The highest BCUT2D eigenvalue weighted by Crippen LogP contribution is 2.25. The number of hydrogen-bond acceptors (Lipinski definition) is 10. The summed E-state index contributed by atoms with van der Waals surface area (Å²) in [7, 11) is 0. The van der Waals surface area contributed by atoms with Gasteiger partial charge in [0.15, 0.2) is 0 Å². The lowest BCUT2D eigenvalue weighted by Crippen LogP contribution is -2.60. The second-order valence-corrected chi connectivity index (χ2v) is 3.63. The molecule has 0 rings (SSSR count). The van der Waals surface area contributed by atoms with Crippen molar-refractivity contribution in [2.75, 3.05) is 0 Å². The summed E-state index contributed by atoms with van der Waals surface area (Å²) >= 11 is 0. The maximum Gasteiger partial charge on any atom is 0.424 e. The third-order valence-corrected chi connectivity index (χ3v) is 2.27. The van der Waals surface area contributed by atoms with Crippen LogP contribution in [0.5, 0.6) is 0 Å². The van der Waals surface area contributed by atoms with E-state index >= 15 is 0 Å². The van der Waals surface area contributed by atoms with Crippen molar-refractivity contribution < 1.29 is 68.3 Å². The Bertz CT molecular complexity index is 644. The topological polar surface area (TPSA) is 244 Å². The number of carboxylic acid groups (broad SMARTS) is 4. The Balaban J connectivity index is 6.66. The molecule has 0 heterocycles. The van der Waals surface area contributed by atoms with Crippen molar-refractivity contribution in [3.8, 4) is 0 Å². The average molecular weight is 348 g/mol. The number of esters is 2. The number of carbonyl (C=O) groups excluding carboxylic acids is 5. The summed E-state index contributed by atoms with van der Waals surface area (Å²) < 4.78 is 3.36. The van der Waals surface area contributed by atoms with Gasteiger partial charge in [-0.25, -0.2) is 28.8 Å². The van der Waals surface area contributed by atoms with Gasteiger partial charge in [-0.2, -0.15) is 0 Å². The fraction of sp³-hybridized carbons (Fsp3) is 0.100. The molecule has 0 aliphatic rings. The number of hydrogen-bond donors (Lipinski definition) is 4. The molecule has 0 unspecified atom stereocenters. The molecule has 0 aliphatic heterocycles. The molecule has 0 aromatic carbocycles. The first kappa shape index (κ1) is 20.0. The van der Waals surface area contributed by atoms with Crippen LogP contribution in [0.15, 0.2) is 0 Å². The Labute approximate surface area is 128 Å². The zero-order valence-corrected chi connectivity index (χ0v) is 10.9. The molecule has 0 radical (unpaired) electrons. The van der Waals surface area contributed by atoms with E-state index in [0.29, 0.717) is 0 Å². The molecule has 24 heavy (non-hydrogen) atoms. The van der Waals surface area contributed by atoms with Gasteiger partial charge in [-0.3, -0.25) is 14.4 Å². The molecule has 0 aromatic heterocycles. The maximum absolute atomic E-state index is 11.7. The minimum Gasteiger partial charge on any atom is -0.475 e. The van der Waals surface area contributed by atoms with Gasteiger partial charge in [0.05, 0.1) is 0 Å². The van der Waals surface area contributed by atoms with Gasteiger partial charge in [0.2, 0.25) is 0 Å². The Morgan fingerprint density at radius 3 is 1.04 bits per heavy atom. The van der Waals surface area contributed by atoms with Gasteiger partial charge in [0, 0.05) is 0 Å². The standard InChI is InChI=1S/C10H4O14/c11-1(4(14)15)10(2(12)5(16)17,3(13)6(18)19)9(23)24-8(22)7(20)21/h(H,14,15)(H,16,17)(H,18,19)(H,20,21). The third kappa shape index (κ3) is 3.26. The van der Waals surface area contributed by atoms with Gasteiger partial charge in [-0.05, 0) is 0 Å². The van der Waals surface area contributed by atoms with Crippen molar-refractivity contribution in [2.45, 2.75) is 0 Å². The third-order valence-electron chi connectivity index (χ3n) is 2.27. The van der Waals surface area contributed by atoms with E-state index in [1.807, 2.05) is 0 Å². The van der Waals surface area contributed by atoms with Crippen LogP contribution in [0.3, 0.4) is 0 Å². The van der Waals surface area contributed by atoms with Crippen LogP contribution in [0.1, 0.15) is 0 Å². The smallest absolute Gasteiger partial charge is 0.424 e. The predicted octanol–water partition coefficient (Wildman–Crippen LogP) is -3.91. The van der Waals surface area contributed by atoms with Crippen molar-refractivity contribution in [1.29, 1.82) is 0 Å². The Kier molecular flexibility index (Phi) is 5.73. The summed E-state index contributed by atoms with van der Waals surface area (Å²) in [5.41, 5.74) is -4.64. The maximum atomic E-state index is 11.7. The molecular weight excluding hydrogens is 344 g/mol. The number of carboxylic acids is 4. The van der Waals surface area contributed by atoms with Crippen LogP contribution in [0.2, 0.25) is 0 Å². The number of rotatable bonds is 7. The Morgan fingerprint density at radius 1 is 0.542 bits per heavy atom. The molecule has 0 saturated heterocycles. The lowest BCUT2D eigenvalue weighted by atomic mass is 9.74. The van der Waals surface area contributed by atoms with Crippen molar-refractivity contribution in [1.82, 2.24) is 0 Å². The highest BCUT2D eigenvalue weighted by Gasteiger charge is 2.67. The van der Waals surface area contributed by atoms with Crippen LogP contribution in [-0.4, -0.2) is 73.6 Å². The molecule has 4 N–H and O–H groups in total. The van der Waals surface area contributed by atoms with E-state index in [2.05, 4.69) is 4.74 Å². The van der Waals surface area contributed by atoms with E-state index in [-0.39, 0.29) is 0 Å². The summed E-state index contributed by atoms with van der Waals surface area (Å²) in [6.45, 7) is 0. The van der Waals surface area contributed by atoms with Gasteiger partial charge >= 0.3 is 35.8 Å². The first-order valence-electron chi connectivity index (χ1n) is 5.14. The second kappa shape index (κ2) is 6.86. The van der Waals surface area contributed by atoms with Crippen LogP contribution in [-0.2, 0) is 47.9 Å². The number of ketones is 3. The molecule has 14 heteroatoms. The van der Waals surface area contributed by atoms with Crippen LogP contribution in [0.25, 0.3) is 0 Å². The van der Waals surface area contributed by atoms with E-state index < -0.39 is 58.6 Å². The molecule has 0 saturated carbocycles. The largest absolute Gasteiger partial charge is 0.475 e. The summed E-state index contributed by atoms with van der Waals surface area (Å²) in [6, 6.07) is 0. The highest BCUT2D eigenvalue weighted by atomic mass is 16.6. The average Bonchev–Trinajstić information content (AvgIpc) is 2.46. The van der Waals surface area contributed by atoms with Crippen LogP contribution in [0.4, 0.5) is 0 Å². The van der Waals surface area contributed by atoms with E-state index in [4.69, 9.17) is 20.4 Å². The van der Waals surface area contributed by atoms with Gasteiger partial charge in [-0.1, -0.05) is 0 Å². The number of carbonyl (C=O) groups is 9. The number of aliphatic carboxylic acids is 4. The molecule has 128 valence electrons. The fourth-order valence-electron chi connectivity index (χ4n) is 1.27. The van der Waals surface area contributed by atoms with Gasteiger partial charge in [0.1, 0.15) is 0 Å². The molecule has 0 spiro atoms. The van der Waals surface area contributed by atoms with Crippen molar-refractivity contribution >= 4 is 53.2 Å². The summed E-state index contributed by atoms with van der Waals surface area (Å²) in [6.07, 6.45) is 0. The highest BCUT2D eigenvalue weighted by molar-refractivity contribution is 6.66. The molecular formula is C10H4O14. The Morgan fingerprint density at radius 2 is 0.833 bits per heavy atom. The summed E-state index contributed by atoms with van der Waals surface area (Å²) in [4.78, 5) is 99.3. The second-order valence-electron chi connectivity index (χ2n) is 3.63. The van der Waals surface area contributed by atoms with Crippen molar-refractivity contribution in [2.24, 2.45) is 5.41 Å². The molecule has 0 aromatic rings. The van der Waals surface area contributed by atoms with Crippen LogP contribution < -0.4 is 0 Å². The first-order valence-corrected chi connectivity index (χ1v) is 5.14. The monoisotopic (exact) mass is 348 g/mol. The van der Waals surface area contributed by atoms with E-state index in [1.165, 1.54) is 0 Å². The quantitative estimate of drug-likeness (QED) is 0.195. The SMILES string of the molecule is O=C(O)C(=O)OC(=O)C(C(=O)C(=O)O)(C(=O)C(=O)O)C(=O)C(=O)O. The van der Waals surface area contributed by atoms with E-state index in [1.54, 1.807) is 0 Å². The molecule has 0 aliphatic carbocycles. The zero-order chi connectivity index (χ0) is 19.4. The Hall–Kier alpha value is -3.97. The first-order chi connectivity index (χ1) is 10.8. The molecule has 0 amide bonds. The van der Waals surface area contributed by atoms with Crippen molar-refractivity contribution in [3.63, 3.8) is 0 Å². The normalized spacial score (nSPS) is 10.2. The molecule has 0 atom stereocenters. The minimum absolute atomic E-state index is 2.52. The fourth-order valence-corrected chi connectivity index (χ4v) is 1.27. The van der Waals surface area contributed by atoms with Crippen LogP contribution >= 0.6 is 0 Å². The summed E-state index contributed by atoms with van der Waals surface area (Å²) in [5.74, 6) is -25.0. The van der Waals surface area contributed by atoms with Crippen molar-refractivity contribution in [3.05, 3.63) is 0 Å². The minimum atomic E-state index is -4.64. The van der Waals surface area contributed by atoms with E-state index in [9.17, 15) is 43.2 Å². The molecule has 14 nitrogen and oxygen atoms in total. The lowest BCUT2D eigenvalue weighted by molar-refractivity contribution is -0.183. The zero-order valence-electron chi connectivity index (χ0n) is 10.9. The number of Topliss-reactive ketones (excluding diaryl/α,β-unsaturated/α-hetero) is 3. The van der Waals surface area contributed by atoms with E-state index in [0.717, 1.165) is 0 Å². The molecule has 0 bridgehead atoms. The predicted molar refractivity (Wildman–Crippen MR) is 59.1 cm³/mol. The summed E-state index contributed by atoms with van der Waals surface area (Å²) in [5, 5.41) is 33.8. The van der Waals surface area contributed by atoms with Crippen LogP contribution in [0, 0.1) is 5.41 Å². The van der Waals surface area contributed by atoms with Gasteiger partial charge < -0.3 is 25.2 Å².